The van der Waals surface area contributed by atoms with Crippen LogP contribution in [0.1, 0.15) is 36.0 Å². The Hall–Kier alpha value is -3.38. The first-order chi connectivity index (χ1) is 14.6. The summed E-state index contributed by atoms with van der Waals surface area (Å²) in [6, 6.07) is 18.2. The van der Waals surface area contributed by atoms with Gasteiger partial charge < -0.3 is 0 Å². The summed E-state index contributed by atoms with van der Waals surface area (Å²) < 4.78 is 28.0. The predicted molar refractivity (Wildman–Crippen MR) is 121 cm³/mol. The van der Waals surface area contributed by atoms with Gasteiger partial charge in [-0.3, -0.25) is 0 Å². The number of thiocarbonyl (C=S) groups is 1. The SMILES string of the molecule is Fc1cc(N=C=S)c(F)cc1C#Cc1ccc(-c2ccc(C3=CCCC3)cc2)cc1. The van der Waals surface area contributed by atoms with E-state index < -0.39 is 11.6 Å². The molecule has 1 aliphatic carbocycles. The summed E-state index contributed by atoms with van der Waals surface area (Å²) in [4.78, 5) is 3.49. The monoisotopic (exact) mass is 413 g/mol. The van der Waals surface area contributed by atoms with Crippen molar-refractivity contribution in [3.8, 4) is 23.0 Å². The van der Waals surface area contributed by atoms with Gasteiger partial charge in [-0.25, -0.2) is 8.78 Å². The van der Waals surface area contributed by atoms with Gasteiger partial charge in [-0.05, 0) is 71.9 Å². The molecule has 4 rings (SSSR count). The molecule has 4 heteroatoms. The highest BCUT2D eigenvalue weighted by Gasteiger charge is 2.08. The Labute approximate surface area is 179 Å². The molecular formula is C26H17F2NS. The number of isothiocyanates is 1. The molecular weight excluding hydrogens is 396 g/mol. The van der Waals surface area contributed by atoms with Gasteiger partial charge in [0.15, 0.2) is 5.82 Å². The Morgan fingerprint density at radius 1 is 0.800 bits per heavy atom. The van der Waals surface area contributed by atoms with E-state index in [-0.39, 0.29) is 11.3 Å². The number of aliphatic imine (C=N–C) groups is 1. The van der Waals surface area contributed by atoms with Crippen molar-refractivity contribution in [1.82, 2.24) is 0 Å². The van der Waals surface area contributed by atoms with Crippen LogP contribution in [0, 0.1) is 23.5 Å². The summed E-state index contributed by atoms with van der Waals surface area (Å²) in [5, 5.41) is 2.03. The minimum atomic E-state index is -0.690. The fraction of sp³-hybridized carbons (Fsp3) is 0.115. The lowest BCUT2D eigenvalue weighted by atomic mass is 9.99. The van der Waals surface area contributed by atoms with Gasteiger partial charge in [0.1, 0.15) is 11.5 Å². The highest BCUT2D eigenvalue weighted by Crippen LogP contribution is 2.29. The number of allylic oxidation sites excluding steroid dienone is 2. The second kappa shape index (κ2) is 8.97. The lowest BCUT2D eigenvalue weighted by Crippen LogP contribution is -1.87. The van der Waals surface area contributed by atoms with Crippen LogP contribution >= 0.6 is 12.2 Å². The van der Waals surface area contributed by atoms with E-state index in [2.05, 4.69) is 59.4 Å². The summed E-state index contributed by atoms with van der Waals surface area (Å²) in [5.74, 6) is 4.21. The first-order valence-electron chi connectivity index (χ1n) is 9.63. The molecule has 0 fully saturated rings. The van der Waals surface area contributed by atoms with Gasteiger partial charge in [-0.1, -0.05) is 54.3 Å². The maximum absolute atomic E-state index is 14.1. The van der Waals surface area contributed by atoms with Gasteiger partial charge >= 0.3 is 0 Å². The Balaban J connectivity index is 1.52. The Morgan fingerprint density at radius 2 is 1.47 bits per heavy atom. The standard InChI is InChI=1S/C26H17F2NS/c27-24-16-26(29-17-30)25(28)15-23(24)10-7-18-5-8-20(9-6-18)22-13-11-21(12-14-22)19-3-1-2-4-19/h3,5-6,8-9,11-16H,1-2,4H2. The summed E-state index contributed by atoms with van der Waals surface area (Å²) in [6.07, 6.45) is 5.87. The first kappa shape index (κ1) is 19.9. The van der Waals surface area contributed by atoms with Crippen LogP contribution < -0.4 is 0 Å². The summed E-state index contributed by atoms with van der Waals surface area (Å²) in [5.41, 5.74) is 5.41. The second-order valence-electron chi connectivity index (χ2n) is 7.01. The van der Waals surface area contributed by atoms with Crippen LogP contribution in [0.4, 0.5) is 14.5 Å². The lowest BCUT2D eigenvalue weighted by molar-refractivity contribution is 0.599. The van der Waals surface area contributed by atoms with E-state index in [1.807, 2.05) is 29.4 Å². The largest absolute Gasteiger partial charge is 0.206 e. The zero-order valence-electron chi connectivity index (χ0n) is 16.1. The minimum Gasteiger partial charge on any atom is -0.206 e. The van der Waals surface area contributed by atoms with E-state index in [1.165, 1.54) is 24.0 Å². The number of benzene rings is 3. The molecule has 0 heterocycles. The number of halogens is 2. The van der Waals surface area contributed by atoms with Crippen molar-refractivity contribution >= 4 is 28.6 Å². The van der Waals surface area contributed by atoms with Crippen LogP contribution in [-0.4, -0.2) is 5.16 Å². The number of nitrogens with zero attached hydrogens (tertiary/aromatic N) is 1. The van der Waals surface area contributed by atoms with E-state index in [0.717, 1.165) is 29.7 Å². The van der Waals surface area contributed by atoms with Crippen molar-refractivity contribution in [2.24, 2.45) is 4.99 Å². The van der Waals surface area contributed by atoms with E-state index in [4.69, 9.17) is 0 Å². The fourth-order valence-corrected chi connectivity index (χ4v) is 3.56. The molecule has 0 atom stereocenters. The maximum Gasteiger partial charge on any atom is 0.151 e. The molecule has 3 aromatic carbocycles. The average Bonchev–Trinajstić information content (AvgIpc) is 3.31. The van der Waals surface area contributed by atoms with Crippen LogP contribution in [-0.2, 0) is 0 Å². The zero-order chi connectivity index (χ0) is 20.9. The topological polar surface area (TPSA) is 12.4 Å². The van der Waals surface area contributed by atoms with Gasteiger partial charge in [0.05, 0.1) is 10.7 Å². The van der Waals surface area contributed by atoms with Crippen LogP contribution in [0.3, 0.4) is 0 Å². The third-order valence-corrected chi connectivity index (χ3v) is 5.15. The van der Waals surface area contributed by atoms with Crippen LogP contribution in [0.5, 0.6) is 0 Å². The van der Waals surface area contributed by atoms with E-state index in [0.29, 0.717) is 5.56 Å². The summed E-state index contributed by atoms with van der Waals surface area (Å²) >= 11 is 4.43. The molecule has 0 aliphatic heterocycles. The van der Waals surface area contributed by atoms with E-state index >= 15 is 0 Å². The number of rotatable bonds is 3. The predicted octanol–water partition coefficient (Wildman–Crippen LogP) is 7.33. The molecule has 0 bridgehead atoms. The fourth-order valence-electron chi connectivity index (χ4n) is 3.46. The molecule has 0 spiro atoms. The van der Waals surface area contributed by atoms with Crippen LogP contribution in [0.25, 0.3) is 16.7 Å². The minimum absolute atomic E-state index is 0.0308. The van der Waals surface area contributed by atoms with Crippen molar-refractivity contribution < 1.29 is 8.78 Å². The molecule has 1 aliphatic rings. The van der Waals surface area contributed by atoms with Crippen molar-refractivity contribution in [3.05, 3.63) is 95.1 Å². The van der Waals surface area contributed by atoms with Gasteiger partial charge in [0.2, 0.25) is 0 Å². The Bertz CT molecular complexity index is 1220. The Morgan fingerprint density at radius 3 is 2.10 bits per heavy atom. The van der Waals surface area contributed by atoms with E-state index in [9.17, 15) is 8.78 Å². The summed E-state index contributed by atoms with van der Waals surface area (Å²) in [6.45, 7) is 0. The van der Waals surface area contributed by atoms with Gasteiger partial charge in [0, 0.05) is 11.6 Å². The van der Waals surface area contributed by atoms with Crippen molar-refractivity contribution in [2.45, 2.75) is 19.3 Å². The van der Waals surface area contributed by atoms with E-state index in [1.54, 1.807) is 0 Å². The molecule has 0 amide bonds. The molecule has 30 heavy (non-hydrogen) atoms. The van der Waals surface area contributed by atoms with Crippen LogP contribution in [0.15, 0.2) is 71.7 Å². The molecule has 0 unspecified atom stereocenters. The van der Waals surface area contributed by atoms with Crippen LogP contribution in [0.2, 0.25) is 0 Å². The Kier molecular flexibility index (Phi) is 5.95. The number of hydrogen-bond donors (Lipinski definition) is 0. The summed E-state index contributed by atoms with van der Waals surface area (Å²) in [7, 11) is 0. The van der Waals surface area contributed by atoms with Gasteiger partial charge in [-0.2, -0.15) is 4.99 Å². The molecule has 0 radical (unpaired) electrons. The molecule has 0 saturated heterocycles. The van der Waals surface area contributed by atoms with Gasteiger partial charge in [0.25, 0.3) is 0 Å². The third-order valence-electron chi connectivity index (χ3n) is 5.06. The smallest absolute Gasteiger partial charge is 0.151 e. The lowest BCUT2D eigenvalue weighted by Gasteiger charge is -2.06. The molecule has 0 saturated carbocycles. The molecule has 0 N–H and O–H groups in total. The maximum atomic E-state index is 14.1. The molecule has 1 nitrogen and oxygen atoms in total. The normalized spacial score (nSPS) is 12.5. The highest BCUT2D eigenvalue weighted by molar-refractivity contribution is 7.78. The number of hydrogen-bond acceptors (Lipinski definition) is 2. The average molecular weight is 413 g/mol. The highest BCUT2D eigenvalue weighted by atomic mass is 32.1. The van der Waals surface area contributed by atoms with Crippen molar-refractivity contribution in [1.29, 1.82) is 0 Å². The first-order valence-corrected chi connectivity index (χ1v) is 10.0. The molecule has 3 aromatic rings. The van der Waals surface area contributed by atoms with Gasteiger partial charge in [-0.15, -0.1) is 0 Å². The third kappa shape index (κ3) is 4.44. The quantitative estimate of drug-likeness (QED) is 0.249. The second-order valence-corrected chi connectivity index (χ2v) is 7.20. The van der Waals surface area contributed by atoms with Crippen molar-refractivity contribution in [3.63, 3.8) is 0 Å². The van der Waals surface area contributed by atoms with Crippen molar-refractivity contribution in [2.75, 3.05) is 0 Å². The molecule has 0 aromatic heterocycles. The molecule has 146 valence electrons. The zero-order valence-corrected chi connectivity index (χ0v) is 16.9.